The van der Waals surface area contributed by atoms with E-state index in [0.29, 0.717) is 17.0 Å². The number of hydrogen-bond acceptors (Lipinski definition) is 2. The minimum absolute atomic E-state index is 0.0403. The third-order valence-electron chi connectivity index (χ3n) is 2.03. The summed E-state index contributed by atoms with van der Waals surface area (Å²) in [5, 5.41) is 12.0. The molecule has 0 aromatic heterocycles. The van der Waals surface area contributed by atoms with Gasteiger partial charge in [0.15, 0.2) is 0 Å². The van der Waals surface area contributed by atoms with Crippen molar-refractivity contribution in [3.8, 4) is 0 Å². The number of amides is 1. The van der Waals surface area contributed by atoms with Crippen molar-refractivity contribution in [1.29, 1.82) is 0 Å². The number of rotatable bonds is 4. The van der Waals surface area contributed by atoms with Gasteiger partial charge < -0.3 is 10.4 Å². The van der Waals surface area contributed by atoms with Gasteiger partial charge in [0, 0.05) is 23.2 Å². The van der Waals surface area contributed by atoms with Crippen LogP contribution in [0.4, 0.5) is 0 Å². The van der Waals surface area contributed by atoms with Crippen LogP contribution < -0.4 is 5.32 Å². The fourth-order valence-electron chi connectivity index (χ4n) is 1.20. The first kappa shape index (κ1) is 12.0. The summed E-state index contributed by atoms with van der Waals surface area (Å²) in [6, 6.07) is 6.72. The van der Waals surface area contributed by atoms with Gasteiger partial charge in [0.05, 0.1) is 0 Å². The fraction of sp³-hybridized carbons (Fsp3) is 0.364. The minimum atomic E-state index is -0.168. The lowest BCUT2D eigenvalue weighted by molar-refractivity contribution is 0.0934. The molecule has 1 aromatic rings. The van der Waals surface area contributed by atoms with Crippen molar-refractivity contribution in [1.82, 2.24) is 5.32 Å². The van der Waals surface area contributed by atoms with E-state index < -0.39 is 0 Å². The highest BCUT2D eigenvalue weighted by Crippen LogP contribution is 2.10. The Morgan fingerprint density at radius 2 is 2.33 bits per heavy atom. The van der Waals surface area contributed by atoms with Crippen LogP contribution >= 0.6 is 11.6 Å². The summed E-state index contributed by atoms with van der Waals surface area (Å²) in [5.74, 6) is -0.168. The highest BCUT2D eigenvalue weighted by atomic mass is 35.5. The van der Waals surface area contributed by atoms with E-state index in [2.05, 4.69) is 5.32 Å². The highest BCUT2D eigenvalue weighted by Gasteiger charge is 2.09. The molecule has 0 aliphatic heterocycles. The first-order valence-electron chi connectivity index (χ1n) is 4.80. The standard InChI is InChI=1S/C11H14ClNO2/c1-8(5-6-14)13-11(15)9-3-2-4-10(12)7-9/h2-4,7-8,14H,5-6H2,1H3,(H,13,15). The predicted octanol–water partition coefficient (Wildman–Crippen LogP) is 1.84. The van der Waals surface area contributed by atoms with Gasteiger partial charge in [0.2, 0.25) is 0 Å². The molecule has 1 rings (SSSR count). The van der Waals surface area contributed by atoms with Gasteiger partial charge in [-0.15, -0.1) is 0 Å². The van der Waals surface area contributed by atoms with Crippen LogP contribution in [0, 0.1) is 0 Å². The Morgan fingerprint density at radius 1 is 1.60 bits per heavy atom. The van der Waals surface area contributed by atoms with E-state index in [4.69, 9.17) is 16.7 Å². The first-order chi connectivity index (χ1) is 7.13. The second-order valence-electron chi connectivity index (χ2n) is 3.40. The summed E-state index contributed by atoms with van der Waals surface area (Å²) in [6.45, 7) is 1.91. The van der Waals surface area contributed by atoms with Gasteiger partial charge in [-0.25, -0.2) is 0 Å². The summed E-state index contributed by atoms with van der Waals surface area (Å²) >= 11 is 5.77. The molecule has 0 heterocycles. The number of hydrogen-bond donors (Lipinski definition) is 2. The summed E-state index contributed by atoms with van der Waals surface area (Å²) in [6.07, 6.45) is 0.548. The number of benzene rings is 1. The molecular formula is C11H14ClNO2. The molecule has 0 radical (unpaired) electrons. The number of carbonyl (C=O) groups excluding carboxylic acids is 1. The minimum Gasteiger partial charge on any atom is -0.396 e. The SMILES string of the molecule is CC(CCO)NC(=O)c1cccc(Cl)c1. The van der Waals surface area contributed by atoms with Gasteiger partial charge in [-0.05, 0) is 31.5 Å². The van der Waals surface area contributed by atoms with Gasteiger partial charge in [0.25, 0.3) is 5.91 Å². The van der Waals surface area contributed by atoms with Gasteiger partial charge in [-0.2, -0.15) is 0 Å². The quantitative estimate of drug-likeness (QED) is 0.825. The molecule has 0 aliphatic carbocycles. The molecule has 0 spiro atoms. The number of halogens is 1. The maximum absolute atomic E-state index is 11.6. The molecule has 1 atom stereocenters. The van der Waals surface area contributed by atoms with Gasteiger partial charge >= 0.3 is 0 Å². The van der Waals surface area contributed by atoms with Crippen molar-refractivity contribution in [3.63, 3.8) is 0 Å². The number of carbonyl (C=O) groups is 1. The average Bonchev–Trinajstić information content (AvgIpc) is 2.18. The molecule has 3 nitrogen and oxygen atoms in total. The molecule has 0 saturated carbocycles. The van der Waals surface area contributed by atoms with Crippen LogP contribution in [-0.4, -0.2) is 23.7 Å². The molecule has 15 heavy (non-hydrogen) atoms. The van der Waals surface area contributed by atoms with Gasteiger partial charge in [-0.1, -0.05) is 17.7 Å². The Balaban J connectivity index is 2.61. The maximum atomic E-state index is 11.6. The normalized spacial score (nSPS) is 12.2. The van der Waals surface area contributed by atoms with Crippen molar-refractivity contribution in [2.45, 2.75) is 19.4 Å². The smallest absolute Gasteiger partial charge is 0.251 e. The van der Waals surface area contributed by atoms with E-state index in [-0.39, 0.29) is 18.6 Å². The number of aliphatic hydroxyl groups is 1. The Kier molecular flexibility index (Phi) is 4.59. The Morgan fingerprint density at radius 3 is 2.93 bits per heavy atom. The van der Waals surface area contributed by atoms with E-state index in [1.165, 1.54) is 0 Å². The van der Waals surface area contributed by atoms with Crippen LogP contribution in [0.15, 0.2) is 24.3 Å². The molecule has 0 fully saturated rings. The Hall–Kier alpha value is -1.06. The topological polar surface area (TPSA) is 49.3 Å². The van der Waals surface area contributed by atoms with Crippen molar-refractivity contribution >= 4 is 17.5 Å². The molecule has 0 saturated heterocycles. The largest absolute Gasteiger partial charge is 0.396 e. The third-order valence-corrected chi connectivity index (χ3v) is 2.26. The molecule has 0 aliphatic rings. The van der Waals surface area contributed by atoms with Crippen LogP contribution in [0.25, 0.3) is 0 Å². The van der Waals surface area contributed by atoms with Crippen molar-refractivity contribution < 1.29 is 9.90 Å². The molecular weight excluding hydrogens is 214 g/mol. The summed E-state index contributed by atoms with van der Waals surface area (Å²) < 4.78 is 0. The van der Waals surface area contributed by atoms with E-state index in [1.54, 1.807) is 24.3 Å². The zero-order valence-corrected chi connectivity index (χ0v) is 9.29. The second kappa shape index (κ2) is 5.73. The number of aliphatic hydroxyl groups excluding tert-OH is 1. The zero-order chi connectivity index (χ0) is 11.3. The molecule has 1 aromatic carbocycles. The molecule has 1 amide bonds. The lowest BCUT2D eigenvalue weighted by Gasteiger charge is -2.12. The molecule has 4 heteroatoms. The average molecular weight is 228 g/mol. The summed E-state index contributed by atoms with van der Waals surface area (Å²) in [5.41, 5.74) is 0.535. The summed E-state index contributed by atoms with van der Waals surface area (Å²) in [4.78, 5) is 11.6. The van der Waals surface area contributed by atoms with Gasteiger partial charge in [0.1, 0.15) is 0 Å². The zero-order valence-electron chi connectivity index (χ0n) is 8.53. The Labute approximate surface area is 94.1 Å². The highest BCUT2D eigenvalue weighted by molar-refractivity contribution is 6.30. The monoisotopic (exact) mass is 227 g/mol. The molecule has 0 bridgehead atoms. The fourth-order valence-corrected chi connectivity index (χ4v) is 1.39. The molecule has 2 N–H and O–H groups in total. The van der Waals surface area contributed by atoms with E-state index >= 15 is 0 Å². The van der Waals surface area contributed by atoms with Crippen LogP contribution in [0.1, 0.15) is 23.7 Å². The lowest BCUT2D eigenvalue weighted by Crippen LogP contribution is -2.33. The van der Waals surface area contributed by atoms with Crippen molar-refractivity contribution in [2.24, 2.45) is 0 Å². The van der Waals surface area contributed by atoms with Crippen LogP contribution in [0.3, 0.4) is 0 Å². The molecule has 1 unspecified atom stereocenters. The second-order valence-corrected chi connectivity index (χ2v) is 3.83. The number of nitrogens with one attached hydrogen (secondary N) is 1. The van der Waals surface area contributed by atoms with Crippen LogP contribution in [0.2, 0.25) is 5.02 Å². The van der Waals surface area contributed by atoms with Crippen LogP contribution in [-0.2, 0) is 0 Å². The first-order valence-corrected chi connectivity index (χ1v) is 5.18. The Bertz CT molecular complexity index is 341. The summed E-state index contributed by atoms with van der Waals surface area (Å²) in [7, 11) is 0. The van der Waals surface area contributed by atoms with E-state index in [0.717, 1.165) is 0 Å². The lowest BCUT2D eigenvalue weighted by atomic mass is 10.2. The van der Waals surface area contributed by atoms with Crippen LogP contribution in [0.5, 0.6) is 0 Å². The van der Waals surface area contributed by atoms with Gasteiger partial charge in [-0.3, -0.25) is 4.79 Å². The third kappa shape index (κ3) is 3.90. The van der Waals surface area contributed by atoms with E-state index in [9.17, 15) is 4.79 Å². The van der Waals surface area contributed by atoms with Crippen molar-refractivity contribution in [2.75, 3.05) is 6.61 Å². The van der Waals surface area contributed by atoms with E-state index in [1.807, 2.05) is 6.92 Å². The maximum Gasteiger partial charge on any atom is 0.251 e. The molecule has 82 valence electrons. The predicted molar refractivity (Wildman–Crippen MR) is 60.1 cm³/mol. The van der Waals surface area contributed by atoms with Crippen molar-refractivity contribution in [3.05, 3.63) is 34.9 Å².